The number of nitrogens with zero attached hydrogens (tertiary/aromatic N) is 1. The molecule has 0 saturated carbocycles. The Bertz CT molecular complexity index is 620. The fourth-order valence-electron chi connectivity index (χ4n) is 1.59. The maximum atomic E-state index is 10.8. The summed E-state index contributed by atoms with van der Waals surface area (Å²) in [4.78, 5) is 21.4. The predicted octanol–water partition coefficient (Wildman–Crippen LogP) is 2.02. The van der Waals surface area contributed by atoms with Crippen molar-refractivity contribution in [1.82, 2.24) is 0 Å². The SMILES string of the molecule is Nc1c(CC(=O)O)sc2c([N+](=O)[O-])cccc12. The molecule has 0 aliphatic carbocycles. The molecule has 0 saturated heterocycles. The number of nitrogens with two attached hydrogens (primary N) is 1. The summed E-state index contributed by atoms with van der Waals surface area (Å²) in [6, 6.07) is 4.57. The van der Waals surface area contributed by atoms with E-state index in [0.717, 1.165) is 11.3 Å². The van der Waals surface area contributed by atoms with Crippen molar-refractivity contribution in [2.45, 2.75) is 6.42 Å². The van der Waals surface area contributed by atoms with Crippen molar-refractivity contribution in [3.8, 4) is 0 Å². The zero-order chi connectivity index (χ0) is 12.6. The lowest BCUT2D eigenvalue weighted by atomic mass is 10.2. The van der Waals surface area contributed by atoms with Crippen LogP contribution in [0.2, 0.25) is 0 Å². The van der Waals surface area contributed by atoms with Gasteiger partial charge in [0.25, 0.3) is 5.69 Å². The highest BCUT2D eigenvalue weighted by Crippen LogP contribution is 2.39. The van der Waals surface area contributed by atoms with Crippen molar-refractivity contribution in [3.05, 3.63) is 33.2 Å². The van der Waals surface area contributed by atoms with Crippen LogP contribution < -0.4 is 5.73 Å². The number of carboxylic acids is 1. The van der Waals surface area contributed by atoms with Gasteiger partial charge in [-0.1, -0.05) is 12.1 Å². The van der Waals surface area contributed by atoms with Gasteiger partial charge in [0.2, 0.25) is 0 Å². The third-order valence-electron chi connectivity index (χ3n) is 2.32. The number of nitro benzene ring substituents is 1. The largest absolute Gasteiger partial charge is 0.481 e. The molecule has 1 heterocycles. The first-order chi connectivity index (χ1) is 8.00. The number of fused-ring (bicyclic) bond motifs is 1. The molecule has 0 radical (unpaired) electrons. The summed E-state index contributed by atoms with van der Waals surface area (Å²) < 4.78 is 0.422. The molecule has 1 aromatic heterocycles. The molecule has 0 bridgehead atoms. The molecule has 7 heteroatoms. The van der Waals surface area contributed by atoms with Gasteiger partial charge in [0.05, 0.1) is 17.0 Å². The minimum Gasteiger partial charge on any atom is -0.481 e. The van der Waals surface area contributed by atoms with E-state index < -0.39 is 10.9 Å². The number of benzene rings is 1. The van der Waals surface area contributed by atoms with Gasteiger partial charge in [-0.05, 0) is 0 Å². The number of aliphatic carboxylic acids is 1. The second kappa shape index (κ2) is 4.02. The number of non-ortho nitro benzene ring substituents is 1. The number of nitro groups is 1. The van der Waals surface area contributed by atoms with Crippen molar-refractivity contribution in [2.75, 3.05) is 5.73 Å². The number of carboxylic acid groups (broad SMARTS) is 1. The van der Waals surface area contributed by atoms with E-state index in [4.69, 9.17) is 10.8 Å². The summed E-state index contributed by atoms with van der Waals surface area (Å²) in [7, 11) is 0. The Hall–Kier alpha value is -2.15. The smallest absolute Gasteiger partial charge is 0.308 e. The Kier molecular flexibility index (Phi) is 2.68. The molecule has 0 aliphatic rings. The van der Waals surface area contributed by atoms with Crippen molar-refractivity contribution >= 4 is 38.8 Å². The first-order valence-corrected chi connectivity index (χ1v) is 5.48. The number of nitrogen functional groups attached to an aromatic ring is 1. The maximum absolute atomic E-state index is 10.8. The summed E-state index contributed by atoms with van der Waals surface area (Å²) in [5.41, 5.74) is 6.05. The topological polar surface area (TPSA) is 106 Å². The molecule has 2 rings (SSSR count). The molecule has 0 aliphatic heterocycles. The average molecular weight is 252 g/mol. The van der Waals surface area contributed by atoms with Gasteiger partial charge in [0, 0.05) is 16.3 Å². The van der Waals surface area contributed by atoms with E-state index >= 15 is 0 Å². The van der Waals surface area contributed by atoms with Crippen LogP contribution in [0.4, 0.5) is 11.4 Å². The zero-order valence-corrected chi connectivity index (χ0v) is 9.36. The van der Waals surface area contributed by atoms with Crippen LogP contribution >= 0.6 is 11.3 Å². The molecule has 3 N–H and O–H groups in total. The zero-order valence-electron chi connectivity index (χ0n) is 8.54. The van der Waals surface area contributed by atoms with Gasteiger partial charge in [0.15, 0.2) is 0 Å². The van der Waals surface area contributed by atoms with Crippen molar-refractivity contribution in [1.29, 1.82) is 0 Å². The Labute approximate surface area is 99.4 Å². The predicted molar refractivity (Wildman–Crippen MR) is 64.2 cm³/mol. The van der Waals surface area contributed by atoms with Gasteiger partial charge in [0.1, 0.15) is 4.70 Å². The van der Waals surface area contributed by atoms with Crippen LogP contribution in [0.5, 0.6) is 0 Å². The minimum atomic E-state index is -1.01. The van der Waals surface area contributed by atoms with Gasteiger partial charge >= 0.3 is 5.97 Å². The van der Waals surface area contributed by atoms with Gasteiger partial charge in [-0.3, -0.25) is 14.9 Å². The number of rotatable bonds is 3. The summed E-state index contributed by atoms with van der Waals surface area (Å²) >= 11 is 1.06. The fraction of sp³-hybridized carbons (Fsp3) is 0.100. The molecule has 88 valence electrons. The third kappa shape index (κ3) is 1.92. The normalized spacial score (nSPS) is 10.6. The number of hydrogen-bond donors (Lipinski definition) is 2. The first kappa shape index (κ1) is 11.3. The average Bonchev–Trinajstić information content (AvgIpc) is 2.55. The summed E-state index contributed by atoms with van der Waals surface area (Å²) in [6.45, 7) is 0. The van der Waals surface area contributed by atoms with Gasteiger partial charge in [-0.2, -0.15) is 0 Å². The van der Waals surface area contributed by atoms with Crippen LogP contribution in [0, 0.1) is 10.1 Å². The number of thiophene rings is 1. The molecule has 0 unspecified atom stereocenters. The highest BCUT2D eigenvalue weighted by Gasteiger charge is 2.19. The van der Waals surface area contributed by atoms with E-state index in [9.17, 15) is 14.9 Å². The van der Waals surface area contributed by atoms with Crippen LogP contribution in [0.15, 0.2) is 18.2 Å². The molecule has 17 heavy (non-hydrogen) atoms. The Morgan fingerprint density at radius 1 is 1.53 bits per heavy atom. The van der Waals surface area contributed by atoms with Crippen molar-refractivity contribution in [2.24, 2.45) is 0 Å². The van der Waals surface area contributed by atoms with Gasteiger partial charge in [-0.15, -0.1) is 11.3 Å². The van der Waals surface area contributed by atoms with Crippen LogP contribution in [0.3, 0.4) is 0 Å². The highest BCUT2D eigenvalue weighted by atomic mass is 32.1. The molecular weight excluding hydrogens is 244 g/mol. The second-order valence-corrected chi connectivity index (χ2v) is 4.53. The molecule has 2 aromatic rings. The van der Waals surface area contributed by atoms with Crippen molar-refractivity contribution < 1.29 is 14.8 Å². The molecular formula is C10H8N2O4S. The van der Waals surface area contributed by atoms with E-state index in [1.54, 1.807) is 6.07 Å². The van der Waals surface area contributed by atoms with E-state index in [2.05, 4.69) is 0 Å². The lowest BCUT2D eigenvalue weighted by Crippen LogP contribution is -2.00. The lowest BCUT2D eigenvalue weighted by molar-refractivity contribution is -0.382. The minimum absolute atomic E-state index is 0.0455. The lowest BCUT2D eigenvalue weighted by Gasteiger charge is -1.94. The van der Waals surface area contributed by atoms with E-state index in [-0.39, 0.29) is 12.1 Å². The summed E-state index contributed by atoms with van der Waals surface area (Å²) in [5, 5.41) is 20.1. The molecule has 0 fully saturated rings. The van der Waals surface area contributed by atoms with E-state index in [1.807, 2.05) is 0 Å². The second-order valence-electron chi connectivity index (χ2n) is 3.42. The first-order valence-electron chi connectivity index (χ1n) is 4.66. The number of hydrogen-bond acceptors (Lipinski definition) is 5. The van der Waals surface area contributed by atoms with E-state index in [1.165, 1.54) is 12.1 Å². The fourth-order valence-corrected chi connectivity index (χ4v) is 2.78. The van der Waals surface area contributed by atoms with Crippen molar-refractivity contribution in [3.63, 3.8) is 0 Å². The van der Waals surface area contributed by atoms with Gasteiger partial charge < -0.3 is 10.8 Å². The molecule has 1 aromatic carbocycles. The maximum Gasteiger partial charge on any atom is 0.308 e. The Balaban J connectivity index is 2.68. The molecule has 0 atom stereocenters. The molecule has 0 spiro atoms. The molecule has 6 nitrogen and oxygen atoms in total. The monoisotopic (exact) mass is 252 g/mol. The quantitative estimate of drug-likeness (QED) is 0.642. The summed E-state index contributed by atoms with van der Waals surface area (Å²) in [5.74, 6) is -1.01. The Morgan fingerprint density at radius 2 is 2.24 bits per heavy atom. The van der Waals surface area contributed by atoms with Gasteiger partial charge in [-0.25, -0.2) is 0 Å². The van der Waals surface area contributed by atoms with Crippen LogP contribution in [0.1, 0.15) is 4.88 Å². The third-order valence-corrected chi connectivity index (χ3v) is 3.56. The van der Waals surface area contributed by atoms with Crippen LogP contribution in [0.25, 0.3) is 10.1 Å². The van der Waals surface area contributed by atoms with Crippen LogP contribution in [-0.4, -0.2) is 16.0 Å². The summed E-state index contributed by atoms with van der Waals surface area (Å²) in [6.07, 6.45) is -0.220. The van der Waals surface area contributed by atoms with Crippen LogP contribution in [-0.2, 0) is 11.2 Å². The highest BCUT2D eigenvalue weighted by molar-refractivity contribution is 7.20. The number of anilines is 1. The van der Waals surface area contributed by atoms with E-state index in [0.29, 0.717) is 20.7 Å². The number of carbonyl (C=O) groups is 1. The molecule has 0 amide bonds. The standard InChI is InChI=1S/C10H8N2O4S/c11-9-5-2-1-3-6(12(15)16)10(5)17-7(9)4-8(13)14/h1-3H,4,11H2,(H,13,14). The Morgan fingerprint density at radius 3 is 2.82 bits per heavy atom.